The van der Waals surface area contributed by atoms with Crippen molar-refractivity contribution < 1.29 is 14.3 Å². The Morgan fingerprint density at radius 1 is 1.60 bits per heavy atom. The number of carbonyl (C=O) groups is 1. The van der Waals surface area contributed by atoms with Crippen LogP contribution in [0, 0.1) is 11.3 Å². The van der Waals surface area contributed by atoms with E-state index in [9.17, 15) is 4.79 Å². The maximum Gasteiger partial charge on any atom is 0.312 e. The molecule has 1 N–H and O–H groups in total. The van der Waals surface area contributed by atoms with E-state index in [1.165, 1.54) is 0 Å². The summed E-state index contributed by atoms with van der Waals surface area (Å²) in [4.78, 5) is 14.4. The summed E-state index contributed by atoms with van der Waals surface area (Å²) in [5.41, 5.74) is 1.47. The third kappa shape index (κ3) is 1.79. The van der Waals surface area contributed by atoms with Crippen molar-refractivity contribution in [3.63, 3.8) is 0 Å². The molecule has 0 aliphatic heterocycles. The molecule has 0 saturated carbocycles. The standard InChI is InChI=1S/C10H6N2O3/c11-5-6-1-2-8-7(3-6)12-9(15-8)4-10(13)14/h1-3H,4H2,(H,13,14). The van der Waals surface area contributed by atoms with Gasteiger partial charge in [0.15, 0.2) is 5.58 Å². The zero-order chi connectivity index (χ0) is 10.8. The predicted molar refractivity (Wildman–Crippen MR) is 50.1 cm³/mol. The van der Waals surface area contributed by atoms with Crippen LogP contribution in [0.25, 0.3) is 11.1 Å². The Labute approximate surface area is 84.6 Å². The molecule has 0 atom stereocenters. The summed E-state index contributed by atoms with van der Waals surface area (Å²) >= 11 is 0. The maximum absolute atomic E-state index is 10.4. The molecule has 2 rings (SSSR count). The molecule has 0 spiro atoms. The minimum Gasteiger partial charge on any atom is -0.481 e. The number of oxazole rings is 1. The van der Waals surface area contributed by atoms with Crippen LogP contribution in [0.15, 0.2) is 22.6 Å². The van der Waals surface area contributed by atoms with E-state index in [2.05, 4.69) is 4.98 Å². The normalized spacial score (nSPS) is 10.1. The van der Waals surface area contributed by atoms with Crippen LogP contribution in [-0.4, -0.2) is 16.1 Å². The predicted octanol–water partition coefficient (Wildman–Crippen LogP) is 1.33. The lowest BCUT2D eigenvalue weighted by Crippen LogP contribution is -1.99. The van der Waals surface area contributed by atoms with Crippen molar-refractivity contribution in [3.8, 4) is 6.07 Å². The van der Waals surface area contributed by atoms with Gasteiger partial charge in [-0.1, -0.05) is 0 Å². The third-order valence-corrected chi connectivity index (χ3v) is 1.86. The van der Waals surface area contributed by atoms with Crippen LogP contribution in [0.2, 0.25) is 0 Å². The van der Waals surface area contributed by atoms with Crippen molar-refractivity contribution in [2.75, 3.05) is 0 Å². The zero-order valence-corrected chi connectivity index (χ0v) is 7.60. The van der Waals surface area contributed by atoms with Crippen LogP contribution in [0.5, 0.6) is 0 Å². The molecule has 0 aliphatic carbocycles. The van der Waals surface area contributed by atoms with Crippen LogP contribution >= 0.6 is 0 Å². The molecular formula is C10H6N2O3. The summed E-state index contributed by atoms with van der Waals surface area (Å²) < 4.78 is 5.18. The second-order valence-corrected chi connectivity index (χ2v) is 2.97. The van der Waals surface area contributed by atoms with E-state index in [1.54, 1.807) is 18.2 Å². The van der Waals surface area contributed by atoms with Crippen LogP contribution in [0.4, 0.5) is 0 Å². The molecular weight excluding hydrogens is 196 g/mol. The quantitative estimate of drug-likeness (QED) is 0.793. The average molecular weight is 202 g/mol. The van der Waals surface area contributed by atoms with Gasteiger partial charge in [0.25, 0.3) is 0 Å². The molecule has 0 bridgehead atoms. The fourth-order valence-electron chi connectivity index (χ4n) is 1.25. The molecule has 1 aromatic carbocycles. The van der Waals surface area contributed by atoms with Crippen molar-refractivity contribution in [2.45, 2.75) is 6.42 Å². The van der Waals surface area contributed by atoms with E-state index in [0.717, 1.165) is 0 Å². The minimum absolute atomic E-state index is 0.146. The second kappa shape index (κ2) is 3.42. The molecule has 0 saturated heterocycles. The van der Waals surface area contributed by atoms with Gasteiger partial charge in [-0.05, 0) is 18.2 Å². The topological polar surface area (TPSA) is 87.1 Å². The first-order valence-corrected chi connectivity index (χ1v) is 4.20. The van der Waals surface area contributed by atoms with Crippen molar-refractivity contribution in [3.05, 3.63) is 29.7 Å². The number of rotatable bonds is 2. The Bertz CT molecular complexity index is 566. The fraction of sp³-hybridized carbons (Fsp3) is 0.100. The largest absolute Gasteiger partial charge is 0.481 e. The molecule has 1 heterocycles. The number of hydrogen-bond donors (Lipinski definition) is 1. The van der Waals surface area contributed by atoms with Gasteiger partial charge in [-0.15, -0.1) is 0 Å². The lowest BCUT2D eigenvalue weighted by atomic mass is 10.2. The van der Waals surface area contributed by atoms with E-state index in [4.69, 9.17) is 14.8 Å². The van der Waals surface area contributed by atoms with Crippen molar-refractivity contribution in [2.24, 2.45) is 0 Å². The van der Waals surface area contributed by atoms with Crippen molar-refractivity contribution in [1.29, 1.82) is 5.26 Å². The number of nitrogens with zero attached hydrogens (tertiary/aromatic N) is 2. The van der Waals surface area contributed by atoms with Gasteiger partial charge in [0.05, 0.1) is 11.6 Å². The Morgan fingerprint density at radius 3 is 3.07 bits per heavy atom. The first-order valence-electron chi connectivity index (χ1n) is 4.20. The first-order chi connectivity index (χ1) is 7.19. The summed E-state index contributed by atoms with van der Waals surface area (Å²) in [6.07, 6.45) is -0.253. The zero-order valence-electron chi connectivity index (χ0n) is 7.60. The highest BCUT2D eigenvalue weighted by Gasteiger charge is 2.09. The second-order valence-electron chi connectivity index (χ2n) is 2.97. The first kappa shape index (κ1) is 9.21. The smallest absolute Gasteiger partial charge is 0.312 e. The highest BCUT2D eigenvalue weighted by atomic mass is 16.4. The average Bonchev–Trinajstić information content (AvgIpc) is 2.57. The molecule has 74 valence electrons. The lowest BCUT2D eigenvalue weighted by molar-refractivity contribution is -0.136. The van der Waals surface area contributed by atoms with E-state index in [0.29, 0.717) is 16.7 Å². The van der Waals surface area contributed by atoms with Gasteiger partial charge in [0, 0.05) is 0 Å². The van der Waals surface area contributed by atoms with E-state index >= 15 is 0 Å². The molecule has 0 aliphatic rings. The van der Waals surface area contributed by atoms with Crippen LogP contribution in [0.1, 0.15) is 11.5 Å². The SMILES string of the molecule is N#Cc1ccc2oc(CC(=O)O)nc2c1. The highest BCUT2D eigenvalue weighted by Crippen LogP contribution is 2.17. The third-order valence-electron chi connectivity index (χ3n) is 1.86. The van der Waals surface area contributed by atoms with Gasteiger partial charge in [-0.2, -0.15) is 5.26 Å². The number of nitriles is 1. The summed E-state index contributed by atoms with van der Waals surface area (Å²) in [7, 11) is 0. The molecule has 15 heavy (non-hydrogen) atoms. The summed E-state index contributed by atoms with van der Waals surface area (Å²) in [6, 6.07) is 6.73. The van der Waals surface area contributed by atoms with Gasteiger partial charge in [-0.3, -0.25) is 4.79 Å². The van der Waals surface area contributed by atoms with Crippen LogP contribution in [-0.2, 0) is 11.2 Å². The number of carboxylic acid groups (broad SMARTS) is 1. The minimum atomic E-state index is -0.998. The summed E-state index contributed by atoms with van der Waals surface area (Å²) in [6.45, 7) is 0. The van der Waals surface area contributed by atoms with Crippen LogP contribution < -0.4 is 0 Å². The molecule has 2 aromatic rings. The molecule has 0 radical (unpaired) electrons. The number of fused-ring (bicyclic) bond motifs is 1. The molecule has 5 heteroatoms. The molecule has 0 unspecified atom stereocenters. The summed E-state index contributed by atoms with van der Waals surface area (Å²) in [5.74, 6) is -0.852. The molecule has 1 aromatic heterocycles. The Morgan fingerprint density at radius 2 is 2.40 bits per heavy atom. The number of hydrogen-bond acceptors (Lipinski definition) is 4. The molecule has 5 nitrogen and oxygen atoms in total. The molecule has 0 fully saturated rings. The van der Waals surface area contributed by atoms with Gasteiger partial charge in [-0.25, -0.2) is 4.98 Å². The highest BCUT2D eigenvalue weighted by molar-refractivity contribution is 5.76. The van der Waals surface area contributed by atoms with Gasteiger partial charge >= 0.3 is 5.97 Å². The number of carboxylic acids is 1. The lowest BCUT2D eigenvalue weighted by Gasteiger charge is -1.85. The van der Waals surface area contributed by atoms with E-state index in [-0.39, 0.29) is 12.3 Å². The van der Waals surface area contributed by atoms with Crippen molar-refractivity contribution in [1.82, 2.24) is 4.98 Å². The van der Waals surface area contributed by atoms with Gasteiger partial charge in [0.2, 0.25) is 5.89 Å². The van der Waals surface area contributed by atoms with Crippen molar-refractivity contribution >= 4 is 17.1 Å². The number of benzene rings is 1. The summed E-state index contributed by atoms with van der Waals surface area (Å²) in [5, 5.41) is 17.2. The Kier molecular flexibility index (Phi) is 2.10. The van der Waals surface area contributed by atoms with Gasteiger partial charge in [0.1, 0.15) is 11.9 Å². The van der Waals surface area contributed by atoms with E-state index < -0.39 is 5.97 Å². The maximum atomic E-state index is 10.4. The Hall–Kier alpha value is -2.35. The Balaban J connectivity index is 2.47. The van der Waals surface area contributed by atoms with Gasteiger partial charge < -0.3 is 9.52 Å². The van der Waals surface area contributed by atoms with Crippen LogP contribution in [0.3, 0.4) is 0 Å². The fourth-order valence-corrected chi connectivity index (χ4v) is 1.25. The monoisotopic (exact) mass is 202 g/mol. The molecule has 0 amide bonds. The number of aromatic nitrogens is 1. The van der Waals surface area contributed by atoms with E-state index in [1.807, 2.05) is 6.07 Å². The number of aliphatic carboxylic acids is 1.